The maximum Gasteiger partial charge on any atom is 0.460 e. The fraction of sp³-hybridized carbons (Fsp3) is 0.333. The van der Waals surface area contributed by atoms with Gasteiger partial charge in [0.05, 0.1) is 12.5 Å². The van der Waals surface area contributed by atoms with Crippen LogP contribution in [0.5, 0.6) is 0 Å². The van der Waals surface area contributed by atoms with Crippen molar-refractivity contribution in [2.75, 3.05) is 5.32 Å². The van der Waals surface area contributed by atoms with E-state index < -0.39 is 29.6 Å². The number of alkyl halides is 7. The van der Waals surface area contributed by atoms with Crippen molar-refractivity contribution in [2.45, 2.75) is 24.4 Å². The van der Waals surface area contributed by atoms with Gasteiger partial charge in [0.2, 0.25) is 0 Å². The summed E-state index contributed by atoms with van der Waals surface area (Å²) in [5, 5.41) is 9.68. The van der Waals surface area contributed by atoms with Crippen LogP contribution in [-0.2, 0) is 11.2 Å². The van der Waals surface area contributed by atoms with Gasteiger partial charge in [-0.1, -0.05) is 12.1 Å². The average Bonchev–Trinajstić information content (AvgIpc) is 2.39. The zero-order valence-corrected chi connectivity index (χ0v) is 10.5. The van der Waals surface area contributed by atoms with Gasteiger partial charge in [0.1, 0.15) is 0 Å². The molecular weight excluding hydrogens is 321 g/mol. The lowest BCUT2D eigenvalue weighted by Gasteiger charge is -2.27. The molecule has 0 aliphatic heterocycles. The maximum atomic E-state index is 13.1. The number of amides is 1. The molecule has 0 aromatic heterocycles. The van der Waals surface area contributed by atoms with Crippen molar-refractivity contribution >= 4 is 11.6 Å². The number of rotatable bonds is 4. The molecule has 0 spiro atoms. The molecule has 1 aromatic rings. The minimum Gasteiger partial charge on any atom is -0.321 e. The highest BCUT2D eigenvalue weighted by molar-refractivity contribution is 5.97. The predicted octanol–water partition coefficient (Wildman–Crippen LogP) is 3.52. The molecule has 22 heavy (non-hydrogen) atoms. The molecule has 0 radical (unpaired) electrons. The summed E-state index contributed by atoms with van der Waals surface area (Å²) in [4.78, 5) is 11.0. The molecule has 0 aliphatic carbocycles. The van der Waals surface area contributed by atoms with Crippen molar-refractivity contribution in [3.63, 3.8) is 0 Å². The predicted molar refractivity (Wildman–Crippen MR) is 60.3 cm³/mol. The van der Waals surface area contributed by atoms with Crippen LogP contribution in [0.25, 0.3) is 0 Å². The molecule has 3 nitrogen and oxygen atoms in total. The molecular formula is C12H7F7N2O. The molecule has 10 heteroatoms. The summed E-state index contributed by atoms with van der Waals surface area (Å²) < 4.78 is 87.2. The quantitative estimate of drug-likeness (QED) is 0.860. The second kappa shape index (κ2) is 5.82. The first kappa shape index (κ1) is 17.7. The summed E-state index contributed by atoms with van der Waals surface area (Å²) >= 11 is 0. The lowest BCUT2D eigenvalue weighted by molar-refractivity contribution is -0.343. The average molecular weight is 328 g/mol. The summed E-state index contributed by atoms with van der Waals surface area (Å²) in [7, 11) is 0. The Morgan fingerprint density at radius 3 is 1.95 bits per heavy atom. The number of benzene rings is 1. The summed E-state index contributed by atoms with van der Waals surface area (Å²) in [5.74, 6) is -15.3. The zero-order valence-electron chi connectivity index (χ0n) is 10.5. The Morgan fingerprint density at radius 2 is 1.55 bits per heavy atom. The van der Waals surface area contributed by atoms with E-state index >= 15 is 0 Å². The van der Waals surface area contributed by atoms with Crippen molar-refractivity contribution in [1.82, 2.24) is 0 Å². The van der Waals surface area contributed by atoms with Gasteiger partial charge in [-0.3, -0.25) is 4.79 Å². The van der Waals surface area contributed by atoms with Crippen LogP contribution in [0.15, 0.2) is 24.3 Å². The van der Waals surface area contributed by atoms with E-state index in [1.54, 1.807) is 6.07 Å². The second-order valence-corrected chi connectivity index (χ2v) is 4.13. The number of hydrogen-bond donors (Lipinski definition) is 1. The van der Waals surface area contributed by atoms with E-state index in [1.165, 1.54) is 17.4 Å². The van der Waals surface area contributed by atoms with Gasteiger partial charge in [-0.25, -0.2) is 0 Å². The Labute approximate surface area is 119 Å². The molecule has 0 bridgehead atoms. The van der Waals surface area contributed by atoms with Crippen LogP contribution < -0.4 is 5.32 Å². The highest BCUT2D eigenvalue weighted by Crippen LogP contribution is 2.46. The molecule has 1 rings (SSSR count). The van der Waals surface area contributed by atoms with Gasteiger partial charge in [0, 0.05) is 5.69 Å². The Morgan fingerprint density at radius 1 is 1.05 bits per heavy atom. The van der Waals surface area contributed by atoms with Crippen molar-refractivity contribution in [3.05, 3.63) is 29.8 Å². The number of nitriles is 1. The number of halogens is 7. The van der Waals surface area contributed by atoms with Crippen LogP contribution in [0.2, 0.25) is 0 Å². The lowest BCUT2D eigenvalue weighted by atomic mass is 10.1. The van der Waals surface area contributed by atoms with Crippen molar-refractivity contribution in [3.8, 4) is 6.07 Å². The molecule has 0 saturated carbocycles. The molecule has 120 valence electrons. The van der Waals surface area contributed by atoms with Gasteiger partial charge in [-0.05, 0) is 17.7 Å². The second-order valence-electron chi connectivity index (χ2n) is 4.13. The van der Waals surface area contributed by atoms with Crippen LogP contribution in [0, 0.1) is 11.3 Å². The van der Waals surface area contributed by atoms with Crippen LogP contribution >= 0.6 is 0 Å². The first-order valence-corrected chi connectivity index (χ1v) is 5.53. The van der Waals surface area contributed by atoms with Crippen molar-refractivity contribution in [2.24, 2.45) is 0 Å². The standard InChI is InChI=1S/C12H7F7N2O/c13-10(14,11(15,16)12(17,18)19)9(22)21-8-3-1-7(2-4-8)5-6-20/h1-4H,5H2,(H,21,22). The van der Waals surface area contributed by atoms with Crippen LogP contribution in [-0.4, -0.2) is 23.9 Å². The van der Waals surface area contributed by atoms with Crippen LogP contribution in [0.1, 0.15) is 5.56 Å². The molecule has 1 aromatic carbocycles. The summed E-state index contributed by atoms with van der Waals surface area (Å²) in [5.41, 5.74) is 0.0252. The summed E-state index contributed by atoms with van der Waals surface area (Å²) in [6.45, 7) is 0. The molecule has 0 aliphatic rings. The topological polar surface area (TPSA) is 52.9 Å². The third kappa shape index (κ3) is 3.29. The van der Waals surface area contributed by atoms with Crippen LogP contribution in [0.4, 0.5) is 36.4 Å². The highest BCUT2D eigenvalue weighted by Gasteiger charge is 2.76. The number of hydrogen-bond acceptors (Lipinski definition) is 2. The van der Waals surface area contributed by atoms with E-state index in [1.807, 2.05) is 0 Å². The Balaban J connectivity index is 2.94. The first-order valence-electron chi connectivity index (χ1n) is 5.53. The fourth-order valence-corrected chi connectivity index (χ4v) is 1.33. The highest BCUT2D eigenvalue weighted by atomic mass is 19.4. The van der Waals surface area contributed by atoms with Gasteiger partial charge >= 0.3 is 23.9 Å². The van der Waals surface area contributed by atoms with E-state index in [2.05, 4.69) is 0 Å². The van der Waals surface area contributed by atoms with Gasteiger partial charge in [-0.2, -0.15) is 36.0 Å². The molecule has 0 fully saturated rings. The van der Waals surface area contributed by atoms with Gasteiger partial charge in [0.25, 0.3) is 0 Å². The van der Waals surface area contributed by atoms with Gasteiger partial charge in [-0.15, -0.1) is 0 Å². The van der Waals surface area contributed by atoms with Gasteiger partial charge < -0.3 is 5.32 Å². The molecule has 0 heterocycles. The molecule has 1 amide bonds. The summed E-state index contributed by atoms with van der Waals surface area (Å²) in [6.07, 6.45) is -6.61. The third-order valence-electron chi connectivity index (χ3n) is 2.53. The number of carbonyl (C=O) groups excluding carboxylic acids is 1. The minimum absolute atomic E-state index is 0.0312. The molecule has 1 N–H and O–H groups in total. The third-order valence-corrected chi connectivity index (χ3v) is 2.53. The molecule has 0 unspecified atom stereocenters. The Bertz CT molecular complexity index is 587. The Kier molecular flexibility index (Phi) is 4.70. The first-order chi connectivity index (χ1) is 9.93. The summed E-state index contributed by atoms with van der Waals surface area (Å²) in [6, 6.07) is 6.20. The van der Waals surface area contributed by atoms with E-state index in [9.17, 15) is 35.5 Å². The van der Waals surface area contributed by atoms with Gasteiger partial charge in [0.15, 0.2) is 0 Å². The number of carbonyl (C=O) groups is 1. The smallest absolute Gasteiger partial charge is 0.321 e. The number of nitrogens with zero attached hydrogens (tertiary/aromatic N) is 1. The van der Waals surface area contributed by atoms with E-state index in [4.69, 9.17) is 5.26 Å². The zero-order chi connectivity index (χ0) is 17.2. The largest absolute Gasteiger partial charge is 0.460 e. The fourth-order valence-electron chi connectivity index (χ4n) is 1.33. The minimum atomic E-state index is -6.58. The van der Waals surface area contributed by atoms with Crippen molar-refractivity contribution in [1.29, 1.82) is 5.26 Å². The maximum absolute atomic E-state index is 13.1. The van der Waals surface area contributed by atoms with E-state index in [0.717, 1.165) is 12.1 Å². The lowest BCUT2D eigenvalue weighted by Crippen LogP contribution is -2.57. The van der Waals surface area contributed by atoms with E-state index in [-0.39, 0.29) is 6.42 Å². The SMILES string of the molecule is N#CCc1ccc(NC(=O)C(F)(F)C(F)(F)C(F)(F)F)cc1. The number of nitrogens with one attached hydrogen (secondary N) is 1. The van der Waals surface area contributed by atoms with Crippen LogP contribution in [0.3, 0.4) is 0 Å². The van der Waals surface area contributed by atoms with E-state index in [0.29, 0.717) is 5.56 Å². The number of anilines is 1. The normalized spacial score (nSPS) is 12.6. The monoisotopic (exact) mass is 328 g/mol. The van der Waals surface area contributed by atoms with Crippen molar-refractivity contribution < 1.29 is 35.5 Å². The molecule has 0 atom stereocenters. The molecule has 0 saturated heterocycles. The Hall–Kier alpha value is -2.31.